The number of rotatable bonds is 5. The predicted molar refractivity (Wildman–Crippen MR) is 112 cm³/mol. The van der Waals surface area contributed by atoms with Gasteiger partial charge in [0.1, 0.15) is 11.6 Å². The average Bonchev–Trinajstić information content (AvgIpc) is 2.73. The van der Waals surface area contributed by atoms with E-state index in [2.05, 4.69) is 6.92 Å². The summed E-state index contributed by atoms with van der Waals surface area (Å²) < 4.78 is 56.3. The molecule has 0 spiro atoms. The fourth-order valence-corrected chi connectivity index (χ4v) is 4.41. The molecule has 0 heterocycles. The average molecular weight is 412 g/mol. The minimum atomic E-state index is -0.876. The molecular weight excluding hydrogens is 388 g/mol. The number of fused-ring (bicyclic) bond motifs is 1. The number of hydrogen-bond acceptors (Lipinski definition) is 0. The third-order valence-corrected chi connectivity index (χ3v) is 6.05. The van der Waals surface area contributed by atoms with Crippen LogP contribution in [0.25, 0.3) is 11.1 Å². The molecule has 0 nitrogen and oxygen atoms in total. The van der Waals surface area contributed by atoms with E-state index < -0.39 is 23.3 Å². The lowest BCUT2D eigenvalue weighted by Gasteiger charge is -2.26. The van der Waals surface area contributed by atoms with E-state index in [0.29, 0.717) is 36.8 Å². The van der Waals surface area contributed by atoms with Gasteiger partial charge in [-0.1, -0.05) is 37.6 Å². The molecule has 0 bridgehead atoms. The first-order valence-corrected chi connectivity index (χ1v) is 10.5. The van der Waals surface area contributed by atoms with Gasteiger partial charge in [-0.25, -0.2) is 17.6 Å². The summed E-state index contributed by atoms with van der Waals surface area (Å²) in [6.07, 6.45) is 4.48. The third kappa shape index (κ3) is 4.14. The molecule has 1 aliphatic rings. The van der Waals surface area contributed by atoms with Crippen molar-refractivity contribution in [2.24, 2.45) is 0 Å². The van der Waals surface area contributed by atoms with Crippen LogP contribution in [0.1, 0.15) is 54.4 Å². The van der Waals surface area contributed by atoms with Crippen LogP contribution in [0.5, 0.6) is 0 Å². The van der Waals surface area contributed by atoms with E-state index in [1.54, 1.807) is 6.07 Å². The van der Waals surface area contributed by atoms with Gasteiger partial charge in [0.15, 0.2) is 11.6 Å². The third-order valence-electron chi connectivity index (χ3n) is 6.05. The van der Waals surface area contributed by atoms with Crippen molar-refractivity contribution >= 4 is 0 Å². The Labute approximate surface area is 174 Å². The number of halogens is 4. The van der Waals surface area contributed by atoms with Gasteiger partial charge < -0.3 is 0 Å². The monoisotopic (exact) mass is 412 g/mol. The Hall–Kier alpha value is -2.62. The number of aryl methyl sites for hydroxylation is 2. The second-order valence-electron chi connectivity index (χ2n) is 8.13. The molecule has 3 aromatic carbocycles. The van der Waals surface area contributed by atoms with Gasteiger partial charge in [-0.2, -0.15) is 0 Å². The van der Waals surface area contributed by atoms with E-state index in [0.717, 1.165) is 35.6 Å². The van der Waals surface area contributed by atoms with Crippen LogP contribution in [0, 0.1) is 23.3 Å². The van der Waals surface area contributed by atoms with Gasteiger partial charge in [0.25, 0.3) is 0 Å². The van der Waals surface area contributed by atoms with Crippen LogP contribution in [0.2, 0.25) is 0 Å². The fraction of sp³-hybridized carbons (Fsp3) is 0.308. The Kier molecular flexibility index (Phi) is 5.94. The van der Waals surface area contributed by atoms with Crippen LogP contribution < -0.4 is 0 Å². The molecule has 4 heteroatoms. The molecule has 0 amide bonds. The van der Waals surface area contributed by atoms with Crippen LogP contribution in [-0.4, -0.2) is 0 Å². The molecule has 3 aromatic rings. The first kappa shape index (κ1) is 20.6. The van der Waals surface area contributed by atoms with Crippen molar-refractivity contribution in [2.45, 2.75) is 51.4 Å². The van der Waals surface area contributed by atoms with Crippen LogP contribution in [0.4, 0.5) is 17.6 Å². The molecule has 0 aliphatic heterocycles. The second-order valence-corrected chi connectivity index (χ2v) is 8.13. The fourth-order valence-electron chi connectivity index (χ4n) is 4.41. The van der Waals surface area contributed by atoms with Gasteiger partial charge >= 0.3 is 0 Å². The molecule has 0 saturated carbocycles. The Morgan fingerprint density at radius 3 is 2.17 bits per heavy atom. The van der Waals surface area contributed by atoms with Crippen molar-refractivity contribution < 1.29 is 17.6 Å². The normalized spacial score (nSPS) is 15.8. The molecule has 156 valence electrons. The van der Waals surface area contributed by atoms with Gasteiger partial charge in [-0.05, 0) is 90.1 Å². The first-order valence-electron chi connectivity index (χ1n) is 10.5. The molecular formula is C26H24F4. The largest absolute Gasteiger partial charge is 0.207 e. The minimum absolute atomic E-state index is 0.186. The molecule has 0 saturated heterocycles. The van der Waals surface area contributed by atoms with Gasteiger partial charge in [-0.3, -0.25) is 0 Å². The predicted octanol–water partition coefficient (Wildman–Crippen LogP) is 7.53. The molecule has 1 unspecified atom stereocenters. The highest BCUT2D eigenvalue weighted by atomic mass is 19.2. The maximum absolute atomic E-state index is 14.7. The molecule has 4 rings (SSSR count). The van der Waals surface area contributed by atoms with Crippen molar-refractivity contribution in [3.63, 3.8) is 0 Å². The second kappa shape index (κ2) is 8.63. The summed E-state index contributed by atoms with van der Waals surface area (Å²) >= 11 is 0. The summed E-state index contributed by atoms with van der Waals surface area (Å²) in [7, 11) is 0. The summed E-state index contributed by atoms with van der Waals surface area (Å²) in [6, 6.07) is 12.6. The number of hydrogen-bond donors (Lipinski definition) is 0. The topological polar surface area (TPSA) is 0 Å². The van der Waals surface area contributed by atoms with Gasteiger partial charge in [0.2, 0.25) is 0 Å². The van der Waals surface area contributed by atoms with Crippen molar-refractivity contribution in [3.8, 4) is 11.1 Å². The molecule has 0 N–H and O–H groups in total. The smallest absolute Gasteiger partial charge is 0.159 e. The van der Waals surface area contributed by atoms with E-state index in [4.69, 9.17) is 0 Å². The van der Waals surface area contributed by atoms with E-state index >= 15 is 0 Å². The zero-order valence-electron chi connectivity index (χ0n) is 17.0. The number of benzene rings is 3. The van der Waals surface area contributed by atoms with E-state index in [-0.39, 0.29) is 11.5 Å². The quantitative estimate of drug-likeness (QED) is 0.380. The zero-order chi connectivity index (χ0) is 21.3. The molecule has 1 atom stereocenters. The maximum Gasteiger partial charge on any atom is 0.159 e. The van der Waals surface area contributed by atoms with Crippen LogP contribution in [-0.2, 0) is 19.3 Å². The molecule has 0 aromatic heterocycles. The van der Waals surface area contributed by atoms with E-state index in [9.17, 15) is 17.6 Å². The molecule has 30 heavy (non-hydrogen) atoms. The standard InChI is InChI=1S/C26H24F4/c1-2-3-4-16-11-24(29)26(25(30)12-16)21-8-7-17-13-18(5-6-19(17)14-21)20-9-10-22(27)23(28)15-20/h5-6,9-13,15,21H,2-4,7-8,14H2,1H3. The highest BCUT2D eigenvalue weighted by Gasteiger charge is 2.26. The van der Waals surface area contributed by atoms with Gasteiger partial charge in [0.05, 0.1) is 0 Å². The summed E-state index contributed by atoms with van der Waals surface area (Å²) in [5.74, 6) is -2.85. The highest BCUT2D eigenvalue weighted by Crippen LogP contribution is 2.37. The zero-order valence-corrected chi connectivity index (χ0v) is 17.0. The van der Waals surface area contributed by atoms with Crippen molar-refractivity contribution in [1.82, 2.24) is 0 Å². The maximum atomic E-state index is 14.7. The van der Waals surface area contributed by atoms with E-state index in [1.165, 1.54) is 18.2 Å². The van der Waals surface area contributed by atoms with Crippen LogP contribution >= 0.6 is 0 Å². The summed E-state index contributed by atoms with van der Waals surface area (Å²) in [6.45, 7) is 2.05. The summed E-state index contributed by atoms with van der Waals surface area (Å²) in [5, 5.41) is 0. The molecule has 0 radical (unpaired) electrons. The van der Waals surface area contributed by atoms with Gasteiger partial charge in [-0.15, -0.1) is 0 Å². The lowest BCUT2D eigenvalue weighted by atomic mass is 9.78. The highest BCUT2D eigenvalue weighted by molar-refractivity contribution is 5.65. The molecule has 1 aliphatic carbocycles. The Bertz CT molecular complexity index is 1050. The van der Waals surface area contributed by atoms with Crippen molar-refractivity contribution in [2.75, 3.05) is 0 Å². The Morgan fingerprint density at radius 1 is 0.767 bits per heavy atom. The van der Waals surface area contributed by atoms with E-state index in [1.807, 2.05) is 18.2 Å². The van der Waals surface area contributed by atoms with Gasteiger partial charge in [0, 0.05) is 5.56 Å². The van der Waals surface area contributed by atoms with Crippen LogP contribution in [0.15, 0.2) is 48.5 Å². The lowest BCUT2D eigenvalue weighted by Crippen LogP contribution is -2.16. The molecule has 0 fully saturated rings. The Morgan fingerprint density at radius 2 is 1.47 bits per heavy atom. The van der Waals surface area contributed by atoms with Crippen molar-refractivity contribution in [3.05, 3.63) is 94.1 Å². The summed E-state index contributed by atoms with van der Waals surface area (Å²) in [4.78, 5) is 0. The number of unbranched alkanes of at least 4 members (excludes halogenated alkanes) is 1. The Balaban J connectivity index is 1.58. The minimum Gasteiger partial charge on any atom is -0.207 e. The SMILES string of the molecule is CCCCc1cc(F)c(C2CCc3cc(-c4ccc(F)c(F)c4)ccc3C2)c(F)c1. The lowest BCUT2D eigenvalue weighted by molar-refractivity contribution is 0.489. The summed E-state index contributed by atoms with van der Waals surface area (Å²) in [5.41, 5.74) is 4.45. The van der Waals surface area contributed by atoms with Crippen molar-refractivity contribution in [1.29, 1.82) is 0 Å². The van der Waals surface area contributed by atoms with Crippen LogP contribution in [0.3, 0.4) is 0 Å². The first-order chi connectivity index (χ1) is 14.5.